The van der Waals surface area contributed by atoms with E-state index in [-0.39, 0.29) is 0 Å². The molecular formula is C17H27N7. The average molecular weight is 329 g/mol. The number of hydrogen-bond acceptors (Lipinski definition) is 6. The number of nitrogens with zero attached hydrogens (tertiary/aromatic N) is 5. The maximum atomic E-state index is 5.90. The van der Waals surface area contributed by atoms with Gasteiger partial charge in [-0.25, -0.2) is 4.98 Å². The first kappa shape index (κ1) is 16.7. The summed E-state index contributed by atoms with van der Waals surface area (Å²) in [5, 5.41) is 4.50. The molecule has 0 unspecified atom stereocenters. The van der Waals surface area contributed by atoms with Crippen LogP contribution in [0.5, 0.6) is 0 Å². The average Bonchev–Trinajstić information content (AvgIpc) is 2.81. The molecule has 1 saturated carbocycles. The summed E-state index contributed by atoms with van der Waals surface area (Å²) in [7, 11) is 2.04. The number of aromatic nitrogens is 4. The van der Waals surface area contributed by atoms with Gasteiger partial charge < -0.3 is 16.4 Å². The van der Waals surface area contributed by atoms with E-state index in [1.54, 1.807) is 0 Å². The molecule has 1 aliphatic rings. The molecule has 1 aliphatic carbocycles. The summed E-state index contributed by atoms with van der Waals surface area (Å²) in [6.45, 7) is 5.89. The molecule has 2 aromatic rings. The molecule has 0 radical (unpaired) electrons. The number of rotatable bonds is 6. The van der Waals surface area contributed by atoms with Gasteiger partial charge in [-0.3, -0.25) is 4.68 Å². The normalized spacial score (nSPS) is 20.0. The van der Waals surface area contributed by atoms with E-state index in [2.05, 4.69) is 43.7 Å². The molecule has 4 N–H and O–H groups in total. The topological polar surface area (TPSA) is 98.9 Å². The minimum Gasteiger partial charge on any atom is -0.368 e. The fourth-order valence-electron chi connectivity index (χ4n) is 3.25. The second-order valence-corrected chi connectivity index (χ2v) is 6.86. The molecule has 3 rings (SSSR count). The molecule has 7 heteroatoms. The summed E-state index contributed by atoms with van der Waals surface area (Å²) in [5.74, 6) is 1.65. The molecule has 24 heavy (non-hydrogen) atoms. The van der Waals surface area contributed by atoms with Gasteiger partial charge in [0, 0.05) is 43.9 Å². The lowest BCUT2D eigenvalue weighted by atomic mass is 9.78. The van der Waals surface area contributed by atoms with E-state index in [9.17, 15) is 0 Å². The maximum absolute atomic E-state index is 5.90. The molecule has 0 bridgehead atoms. The first-order valence-electron chi connectivity index (χ1n) is 8.54. The number of nitrogen functional groups attached to an aromatic ring is 1. The maximum Gasteiger partial charge on any atom is 0.222 e. The predicted octanol–water partition coefficient (Wildman–Crippen LogP) is 1.60. The van der Waals surface area contributed by atoms with Gasteiger partial charge in [-0.05, 0) is 39.2 Å². The Hall–Kier alpha value is -2.15. The Balaban J connectivity index is 1.60. The van der Waals surface area contributed by atoms with Crippen LogP contribution < -0.4 is 16.4 Å². The van der Waals surface area contributed by atoms with Gasteiger partial charge in [0.25, 0.3) is 0 Å². The molecule has 2 aromatic heterocycles. The number of aryl methyl sites for hydroxylation is 3. The van der Waals surface area contributed by atoms with Crippen molar-refractivity contribution < 1.29 is 0 Å². The highest BCUT2D eigenvalue weighted by molar-refractivity contribution is 5.44. The van der Waals surface area contributed by atoms with Crippen LogP contribution >= 0.6 is 0 Å². The Bertz CT molecular complexity index is 703. The summed E-state index contributed by atoms with van der Waals surface area (Å²) < 4.78 is 2.05. The fraction of sp³-hybridized carbons (Fsp3) is 0.588. The van der Waals surface area contributed by atoms with Crippen LogP contribution in [0.3, 0.4) is 0 Å². The summed E-state index contributed by atoms with van der Waals surface area (Å²) in [6.07, 6.45) is 2.96. The molecule has 130 valence electrons. The van der Waals surface area contributed by atoms with Crippen molar-refractivity contribution in [1.29, 1.82) is 0 Å². The molecule has 7 nitrogen and oxygen atoms in total. The second-order valence-electron chi connectivity index (χ2n) is 6.86. The van der Waals surface area contributed by atoms with Crippen molar-refractivity contribution in [2.75, 3.05) is 24.2 Å². The van der Waals surface area contributed by atoms with Gasteiger partial charge in [-0.15, -0.1) is 0 Å². The van der Waals surface area contributed by atoms with Gasteiger partial charge >= 0.3 is 0 Å². The molecule has 2 heterocycles. The molecule has 0 spiro atoms. The lowest BCUT2D eigenvalue weighted by molar-refractivity contribution is 0.345. The van der Waals surface area contributed by atoms with Crippen LogP contribution in [-0.4, -0.2) is 39.4 Å². The zero-order valence-electron chi connectivity index (χ0n) is 14.7. The van der Waals surface area contributed by atoms with Crippen LogP contribution in [0.15, 0.2) is 12.1 Å². The molecule has 0 amide bonds. The van der Waals surface area contributed by atoms with Gasteiger partial charge in [0.1, 0.15) is 5.82 Å². The second kappa shape index (κ2) is 6.76. The summed E-state index contributed by atoms with van der Waals surface area (Å²) >= 11 is 0. The highest BCUT2D eigenvalue weighted by Crippen LogP contribution is 2.35. The molecule has 0 atom stereocenters. The van der Waals surface area contributed by atoms with Gasteiger partial charge in [0.05, 0.1) is 11.4 Å². The lowest BCUT2D eigenvalue weighted by Crippen LogP contribution is -2.35. The smallest absolute Gasteiger partial charge is 0.222 e. The van der Waals surface area contributed by atoms with Crippen LogP contribution in [0.2, 0.25) is 0 Å². The van der Waals surface area contributed by atoms with Gasteiger partial charge in [-0.1, -0.05) is 0 Å². The Morgan fingerprint density at radius 2 is 2.00 bits per heavy atom. The number of hydrogen-bond donors (Lipinski definition) is 2. The van der Waals surface area contributed by atoms with E-state index >= 15 is 0 Å². The molecule has 1 fully saturated rings. The van der Waals surface area contributed by atoms with E-state index in [1.807, 2.05) is 14.0 Å². The molecule has 0 aromatic carbocycles. The highest BCUT2D eigenvalue weighted by Gasteiger charge is 2.29. The summed E-state index contributed by atoms with van der Waals surface area (Å²) in [4.78, 5) is 10.9. The first-order valence-corrected chi connectivity index (χ1v) is 8.54. The van der Waals surface area contributed by atoms with E-state index in [4.69, 9.17) is 11.5 Å². The zero-order valence-corrected chi connectivity index (χ0v) is 14.7. The largest absolute Gasteiger partial charge is 0.368 e. The molecule has 0 saturated heterocycles. The van der Waals surface area contributed by atoms with Gasteiger partial charge in [0.2, 0.25) is 5.95 Å². The van der Waals surface area contributed by atoms with Crippen molar-refractivity contribution in [2.24, 2.45) is 5.73 Å². The number of anilines is 2. The summed E-state index contributed by atoms with van der Waals surface area (Å²) in [5.41, 5.74) is 15.1. The van der Waals surface area contributed by atoms with Crippen molar-refractivity contribution >= 4 is 11.8 Å². The SMILES string of the molecule is Cc1cc(C)n(CCCN(C)c2cc(C3CC(N)C3)nc(N)n2)n1. The van der Waals surface area contributed by atoms with Gasteiger partial charge in [0.15, 0.2) is 0 Å². The monoisotopic (exact) mass is 329 g/mol. The zero-order chi connectivity index (χ0) is 17.3. The first-order chi connectivity index (χ1) is 11.4. The van der Waals surface area contributed by atoms with Crippen LogP contribution in [0.4, 0.5) is 11.8 Å². The predicted molar refractivity (Wildman–Crippen MR) is 96.0 cm³/mol. The van der Waals surface area contributed by atoms with Crippen molar-refractivity contribution in [2.45, 2.75) is 51.6 Å². The third-order valence-corrected chi connectivity index (χ3v) is 4.70. The third kappa shape index (κ3) is 3.67. The van der Waals surface area contributed by atoms with Crippen LogP contribution in [0.1, 0.15) is 42.3 Å². The Morgan fingerprint density at radius 1 is 1.25 bits per heavy atom. The number of nitrogens with two attached hydrogens (primary N) is 2. The molecular weight excluding hydrogens is 302 g/mol. The third-order valence-electron chi connectivity index (χ3n) is 4.70. The van der Waals surface area contributed by atoms with E-state index in [1.165, 1.54) is 5.69 Å². The van der Waals surface area contributed by atoms with Crippen molar-refractivity contribution in [3.05, 3.63) is 29.2 Å². The Kier molecular flexibility index (Phi) is 4.71. The fourth-order valence-corrected chi connectivity index (χ4v) is 3.25. The van der Waals surface area contributed by atoms with Gasteiger partial charge in [-0.2, -0.15) is 10.1 Å². The van der Waals surface area contributed by atoms with Crippen molar-refractivity contribution in [3.8, 4) is 0 Å². The van der Waals surface area contributed by atoms with E-state index in [0.29, 0.717) is 17.9 Å². The molecule has 0 aliphatic heterocycles. The summed E-state index contributed by atoms with van der Waals surface area (Å²) in [6, 6.07) is 4.45. The Labute approximate surface area is 143 Å². The standard InChI is InChI=1S/C17H27N7/c1-11-7-12(2)24(22-11)6-4-5-23(3)16-10-15(20-17(19)21-16)13-8-14(18)9-13/h7,10,13-14H,4-6,8-9,18H2,1-3H3,(H2,19,20,21). The minimum atomic E-state index is 0.299. The van der Waals surface area contributed by atoms with Crippen LogP contribution in [0, 0.1) is 13.8 Å². The van der Waals surface area contributed by atoms with Crippen molar-refractivity contribution in [3.63, 3.8) is 0 Å². The lowest BCUT2D eigenvalue weighted by Gasteiger charge is -2.32. The highest BCUT2D eigenvalue weighted by atomic mass is 15.3. The van der Waals surface area contributed by atoms with Crippen LogP contribution in [0.25, 0.3) is 0 Å². The van der Waals surface area contributed by atoms with E-state index < -0.39 is 0 Å². The quantitative estimate of drug-likeness (QED) is 0.835. The Morgan fingerprint density at radius 3 is 2.62 bits per heavy atom. The van der Waals surface area contributed by atoms with E-state index in [0.717, 1.165) is 49.6 Å². The van der Waals surface area contributed by atoms with Crippen molar-refractivity contribution in [1.82, 2.24) is 19.7 Å². The minimum absolute atomic E-state index is 0.299. The van der Waals surface area contributed by atoms with Crippen LogP contribution in [-0.2, 0) is 6.54 Å².